The number of nitrogens with two attached hydrogens (primary N) is 1. The molecule has 2 N–H and O–H groups in total. The van der Waals surface area contributed by atoms with Crippen LogP contribution in [0.2, 0.25) is 0 Å². The van der Waals surface area contributed by atoms with Crippen LogP contribution >= 0.6 is 0 Å². The normalized spacial score (nSPS) is 12.9. The van der Waals surface area contributed by atoms with Crippen LogP contribution in [0.1, 0.15) is 68.0 Å². The Morgan fingerprint density at radius 1 is 0.661 bits per heavy atom. The molecule has 5 aromatic carbocycles. The van der Waals surface area contributed by atoms with Gasteiger partial charge in [0.25, 0.3) is 0 Å². The highest BCUT2D eigenvalue weighted by molar-refractivity contribution is 5.82. The Balaban J connectivity index is 0.00000295. The molecule has 3 nitrogen and oxygen atoms in total. The molecule has 1 heterocycles. The molecule has 0 saturated heterocycles. The zero-order chi connectivity index (χ0) is 40.2. The van der Waals surface area contributed by atoms with Crippen molar-refractivity contribution in [3.63, 3.8) is 0 Å². The van der Waals surface area contributed by atoms with Gasteiger partial charge < -0.3 is 5.73 Å². The average molecular weight is 734 g/mol. The van der Waals surface area contributed by atoms with Crippen LogP contribution in [0.5, 0.6) is 0 Å². The SMILES string of the molecule is C=N/C(=C(/C(C)C)C(N)(c1ccccc1)c1cc(-c2ccc(-c3ccc(C)c(C(=C)/C=C\C=C/C)c3)cc2)cc(-c2cccnc2)c1)c1ccccc1C.CC. The van der Waals surface area contributed by atoms with Crippen molar-refractivity contribution in [3.8, 4) is 33.4 Å². The number of pyridine rings is 1. The topological polar surface area (TPSA) is 51.3 Å². The molecule has 0 aliphatic heterocycles. The van der Waals surface area contributed by atoms with Crippen LogP contribution in [0.4, 0.5) is 0 Å². The smallest absolute Gasteiger partial charge is 0.0909 e. The van der Waals surface area contributed by atoms with Gasteiger partial charge in [-0.05, 0) is 131 Å². The van der Waals surface area contributed by atoms with Gasteiger partial charge in [-0.3, -0.25) is 9.98 Å². The van der Waals surface area contributed by atoms with E-state index in [0.29, 0.717) is 0 Å². The van der Waals surface area contributed by atoms with Gasteiger partial charge in [0, 0.05) is 23.5 Å². The van der Waals surface area contributed by atoms with Crippen LogP contribution in [-0.2, 0) is 5.54 Å². The van der Waals surface area contributed by atoms with Crippen molar-refractivity contribution in [2.24, 2.45) is 16.6 Å². The summed E-state index contributed by atoms with van der Waals surface area (Å²) in [6, 6.07) is 44.8. The van der Waals surface area contributed by atoms with Crippen LogP contribution < -0.4 is 5.73 Å². The van der Waals surface area contributed by atoms with E-state index in [4.69, 9.17) is 10.7 Å². The van der Waals surface area contributed by atoms with Crippen molar-refractivity contribution in [1.82, 2.24) is 4.98 Å². The summed E-state index contributed by atoms with van der Waals surface area (Å²) in [5.41, 5.74) is 22.6. The van der Waals surface area contributed by atoms with Crippen molar-refractivity contribution in [1.29, 1.82) is 0 Å². The van der Waals surface area contributed by atoms with Gasteiger partial charge >= 0.3 is 0 Å². The molecule has 0 bridgehead atoms. The van der Waals surface area contributed by atoms with E-state index in [1.165, 1.54) is 5.56 Å². The fourth-order valence-corrected chi connectivity index (χ4v) is 7.35. The number of benzene rings is 5. The number of aliphatic imine (C=N–C) groups is 1. The Morgan fingerprint density at radius 3 is 1.88 bits per heavy atom. The molecule has 6 aromatic rings. The second-order valence-corrected chi connectivity index (χ2v) is 14.1. The lowest BCUT2D eigenvalue weighted by atomic mass is 9.71. The van der Waals surface area contributed by atoms with Crippen molar-refractivity contribution < 1.29 is 0 Å². The predicted octanol–water partition coefficient (Wildman–Crippen LogP) is 13.8. The molecule has 0 aliphatic carbocycles. The number of aromatic nitrogens is 1. The molecule has 0 fully saturated rings. The van der Waals surface area contributed by atoms with Gasteiger partial charge in [-0.25, -0.2) is 0 Å². The summed E-state index contributed by atoms with van der Waals surface area (Å²) < 4.78 is 0. The van der Waals surface area contributed by atoms with E-state index in [-0.39, 0.29) is 5.92 Å². The summed E-state index contributed by atoms with van der Waals surface area (Å²) in [6.07, 6.45) is 11.8. The summed E-state index contributed by atoms with van der Waals surface area (Å²) in [5, 5.41) is 0. The second-order valence-electron chi connectivity index (χ2n) is 14.1. The van der Waals surface area contributed by atoms with Gasteiger partial charge in [0.05, 0.1) is 11.2 Å². The molecule has 0 amide bonds. The Bertz CT molecular complexity index is 2360. The Kier molecular flexibility index (Phi) is 13.9. The van der Waals surface area contributed by atoms with E-state index in [0.717, 1.165) is 78.0 Å². The molecule has 3 heteroatoms. The number of rotatable bonds is 12. The Labute approximate surface area is 335 Å². The molecular weight excluding hydrogens is 679 g/mol. The fourth-order valence-electron chi connectivity index (χ4n) is 7.35. The molecule has 0 spiro atoms. The van der Waals surface area contributed by atoms with E-state index in [1.54, 1.807) is 6.20 Å². The molecule has 1 unspecified atom stereocenters. The molecule has 1 aromatic heterocycles. The lowest BCUT2D eigenvalue weighted by Crippen LogP contribution is -2.42. The highest BCUT2D eigenvalue weighted by Gasteiger charge is 2.39. The summed E-state index contributed by atoms with van der Waals surface area (Å²) in [7, 11) is 0. The van der Waals surface area contributed by atoms with Crippen LogP contribution in [0, 0.1) is 19.8 Å². The van der Waals surface area contributed by atoms with E-state index in [2.05, 4.69) is 161 Å². The first-order valence-electron chi connectivity index (χ1n) is 19.5. The minimum absolute atomic E-state index is 0.0363. The molecule has 0 radical (unpaired) electrons. The van der Waals surface area contributed by atoms with Gasteiger partial charge in [0.2, 0.25) is 0 Å². The van der Waals surface area contributed by atoms with Gasteiger partial charge in [0.1, 0.15) is 0 Å². The summed E-state index contributed by atoms with van der Waals surface area (Å²) in [6.45, 7) is 23.1. The van der Waals surface area contributed by atoms with Gasteiger partial charge in [0.15, 0.2) is 0 Å². The second kappa shape index (κ2) is 18.9. The van der Waals surface area contributed by atoms with E-state index in [1.807, 2.05) is 63.4 Å². The first kappa shape index (κ1) is 41.0. The number of allylic oxidation sites excluding steroid dienone is 5. The third-order valence-electron chi connectivity index (χ3n) is 10.2. The van der Waals surface area contributed by atoms with Crippen molar-refractivity contribution in [3.05, 3.63) is 210 Å². The molecule has 282 valence electrons. The third-order valence-corrected chi connectivity index (χ3v) is 10.2. The van der Waals surface area contributed by atoms with E-state index >= 15 is 0 Å². The quantitative estimate of drug-likeness (QED) is 0.101. The minimum Gasteiger partial charge on any atom is -0.314 e. The minimum atomic E-state index is -1.05. The average Bonchev–Trinajstić information content (AvgIpc) is 3.24. The monoisotopic (exact) mass is 733 g/mol. The van der Waals surface area contributed by atoms with Gasteiger partial charge in [-0.1, -0.05) is 156 Å². The van der Waals surface area contributed by atoms with Crippen molar-refractivity contribution in [2.75, 3.05) is 0 Å². The molecule has 6 rings (SSSR count). The zero-order valence-corrected chi connectivity index (χ0v) is 34.1. The maximum absolute atomic E-state index is 7.96. The highest BCUT2D eigenvalue weighted by Crippen LogP contribution is 2.45. The van der Waals surface area contributed by atoms with E-state index < -0.39 is 5.54 Å². The van der Waals surface area contributed by atoms with Crippen LogP contribution in [-0.4, -0.2) is 11.7 Å². The fraction of sp³-hybridized carbons (Fsp3) is 0.170. The highest BCUT2D eigenvalue weighted by atomic mass is 14.8. The number of hydrogen-bond acceptors (Lipinski definition) is 3. The lowest BCUT2D eigenvalue weighted by Gasteiger charge is -2.38. The standard InChI is InChI=1S/C51H49N3.C2H6/c1-8-9-11-17-37(5)48-33-41(24-23-38(48)6)39-25-27-40(28-26-39)43-30-44(42-19-16-29-54-34-42)32-46(31-43)51(52,45-20-12-10-13-21-45)49(35(2)3)50(53-7)47-22-15-14-18-36(47)4;1-2/h8-35H,5,7,52H2,1-4,6H3;1-2H3/b9-8-,17-11-,50-49-;. The molecule has 1 atom stereocenters. The molecule has 0 saturated carbocycles. The van der Waals surface area contributed by atoms with Crippen LogP contribution in [0.3, 0.4) is 0 Å². The Morgan fingerprint density at radius 2 is 1.27 bits per heavy atom. The van der Waals surface area contributed by atoms with Crippen molar-refractivity contribution in [2.45, 2.75) is 54.0 Å². The number of aryl methyl sites for hydroxylation is 2. The molecular formula is C53H55N3. The number of nitrogens with zero attached hydrogens (tertiary/aromatic N) is 2. The molecule has 56 heavy (non-hydrogen) atoms. The lowest BCUT2D eigenvalue weighted by molar-refractivity contribution is 0.552. The van der Waals surface area contributed by atoms with Gasteiger partial charge in [-0.15, -0.1) is 0 Å². The van der Waals surface area contributed by atoms with E-state index in [9.17, 15) is 0 Å². The van der Waals surface area contributed by atoms with Crippen molar-refractivity contribution >= 4 is 18.0 Å². The Hall–Kier alpha value is -6.16. The first-order chi connectivity index (χ1) is 27.1. The first-order valence-corrected chi connectivity index (χ1v) is 19.5. The maximum atomic E-state index is 7.96. The zero-order valence-electron chi connectivity index (χ0n) is 34.1. The summed E-state index contributed by atoms with van der Waals surface area (Å²) in [5.74, 6) is 0.0363. The van der Waals surface area contributed by atoms with Crippen LogP contribution in [0.25, 0.3) is 44.7 Å². The number of hydrogen-bond donors (Lipinski definition) is 1. The predicted molar refractivity (Wildman–Crippen MR) is 244 cm³/mol. The largest absolute Gasteiger partial charge is 0.314 e. The summed E-state index contributed by atoms with van der Waals surface area (Å²) in [4.78, 5) is 9.21. The third kappa shape index (κ3) is 8.86. The summed E-state index contributed by atoms with van der Waals surface area (Å²) >= 11 is 0. The van der Waals surface area contributed by atoms with Crippen LogP contribution in [0.15, 0.2) is 181 Å². The maximum Gasteiger partial charge on any atom is 0.0909 e. The molecule has 0 aliphatic rings. The van der Waals surface area contributed by atoms with Gasteiger partial charge in [-0.2, -0.15) is 0 Å².